The molecule has 174 valence electrons. The van der Waals surface area contributed by atoms with E-state index >= 15 is 0 Å². The number of amides is 1. The summed E-state index contributed by atoms with van der Waals surface area (Å²) in [6.07, 6.45) is 10.1. The molecule has 1 aromatic carbocycles. The highest BCUT2D eigenvalue weighted by atomic mass is 32.2. The Morgan fingerprint density at radius 3 is 2.41 bits per heavy atom. The first-order chi connectivity index (χ1) is 15.0. The van der Waals surface area contributed by atoms with Gasteiger partial charge in [-0.3, -0.25) is 4.79 Å². The van der Waals surface area contributed by atoms with Gasteiger partial charge in [-0.25, -0.2) is 8.42 Å². The van der Waals surface area contributed by atoms with Crippen LogP contribution in [0.4, 0.5) is 0 Å². The van der Waals surface area contributed by atoms with Gasteiger partial charge in [0, 0.05) is 25.8 Å². The van der Waals surface area contributed by atoms with Crippen LogP contribution in [0.3, 0.4) is 0 Å². The molecule has 0 aromatic heterocycles. The normalized spacial score (nSPS) is 41.5. The summed E-state index contributed by atoms with van der Waals surface area (Å²) in [5.41, 5.74) is 2.95. The van der Waals surface area contributed by atoms with Gasteiger partial charge in [0.25, 0.3) is 0 Å². The fraction of sp³-hybridized carbons (Fsp3) is 0.667. The molecule has 1 aromatic rings. The van der Waals surface area contributed by atoms with Crippen molar-refractivity contribution >= 4 is 21.3 Å². The van der Waals surface area contributed by atoms with E-state index in [2.05, 4.69) is 31.7 Å². The van der Waals surface area contributed by atoms with Crippen LogP contribution >= 0.6 is 0 Å². The van der Waals surface area contributed by atoms with Gasteiger partial charge < -0.3 is 4.90 Å². The monoisotopic (exact) mass is 455 g/mol. The summed E-state index contributed by atoms with van der Waals surface area (Å²) < 4.78 is 23.8. The van der Waals surface area contributed by atoms with Crippen LogP contribution in [-0.4, -0.2) is 38.6 Å². The van der Waals surface area contributed by atoms with E-state index < -0.39 is 9.84 Å². The van der Waals surface area contributed by atoms with Crippen molar-refractivity contribution in [2.75, 3.05) is 13.3 Å². The molecule has 32 heavy (non-hydrogen) atoms. The number of benzene rings is 1. The molecular weight excluding hydrogens is 418 g/mol. The number of likely N-dealkylation sites (tertiary alicyclic amines) is 1. The number of rotatable bonds is 2. The minimum absolute atomic E-state index is 0.140. The summed E-state index contributed by atoms with van der Waals surface area (Å²) in [5.74, 6) is 2.91. The lowest BCUT2D eigenvalue weighted by Crippen LogP contribution is -2.63. The van der Waals surface area contributed by atoms with Gasteiger partial charge in [-0.05, 0) is 89.9 Å². The molecule has 1 aliphatic heterocycles. The van der Waals surface area contributed by atoms with E-state index in [1.165, 1.54) is 30.2 Å². The Balaban J connectivity index is 1.46. The lowest BCUT2D eigenvalue weighted by molar-refractivity contribution is -0.162. The minimum atomic E-state index is -3.18. The van der Waals surface area contributed by atoms with Gasteiger partial charge in [0.05, 0.1) is 4.90 Å². The Morgan fingerprint density at radius 1 is 1.06 bits per heavy atom. The van der Waals surface area contributed by atoms with E-state index in [0.717, 1.165) is 19.3 Å². The summed E-state index contributed by atoms with van der Waals surface area (Å²) in [4.78, 5) is 14.9. The van der Waals surface area contributed by atoms with Gasteiger partial charge in [-0.2, -0.15) is 0 Å². The molecule has 0 N–H and O–H groups in total. The van der Waals surface area contributed by atoms with Crippen LogP contribution in [0.2, 0.25) is 0 Å². The smallest absolute Gasteiger partial charge is 0.222 e. The van der Waals surface area contributed by atoms with Gasteiger partial charge >= 0.3 is 0 Å². The zero-order valence-electron chi connectivity index (χ0n) is 20.1. The van der Waals surface area contributed by atoms with Crippen LogP contribution in [-0.2, 0) is 14.6 Å². The average Bonchev–Trinajstić information content (AvgIpc) is 3.09. The van der Waals surface area contributed by atoms with E-state index in [1.807, 2.05) is 19.2 Å². The Bertz CT molecular complexity index is 1070. The van der Waals surface area contributed by atoms with E-state index in [0.29, 0.717) is 46.9 Å². The molecule has 4 nitrogen and oxygen atoms in total. The predicted molar refractivity (Wildman–Crippen MR) is 128 cm³/mol. The molecule has 7 atom stereocenters. The Hall–Kier alpha value is -1.62. The summed E-state index contributed by atoms with van der Waals surface area (Å²) in [6.45, 7) is 7.35. The molecule has 1 amide bonds. The van der Waals surface area contributed by atoms with Gasteiger partial charge in [-0.15, -0.1) is 0 Å². The number of allylic oxidation sites excluding steroid dienone is 2. The molecule has 3 aliphatic carbocycles. The largest absolute Gasteiger partial charge is 0.342 e. The predicted octanol–water partition coefficient (Wildman–Crippen LogP) is 5.19. The molecule has 0 spiro atoms. The van der Waals surface area contributed by atoms with Gasteiger partial charge in [0.1, 0.15) is 0 Å². The SMILES string of the molecule is C[C@H]1C[C@H]2N(C)C(=O)CC[C@]2(C)[C@H]2CC[C@]3(C)C(c4ccc(S(C)(=O)=O)cc4)=CC[C@H]3[C@H]12. The first-order valence-corrected chi connectivity index (χ1v) is 14.1. The lowest BCUT2D eigenvalue weighted by Gasteiger charge is -2.63. The van der Waals surface area contributed by atoms with Gasteiger partial charge in [0.2, 0.25) is 5.91 Å². The number of piperidine rings is 1. The fourth-order valence-electron chi connectivity index (χ4n) is 8.36. The molecule has 0 radical (unpaired) electrons. The third-order valence-electron chi connectivity index (χ3n) is 10.1. The average molecular weight is 456 g/mol. The lowest BCUT2D eigenvalue weighted by atomic mass is 9.44. The van der Waals surface area contributed by atoms with Gasteiger partial charge in [-0.1, -0.05) is 39.0 Å². The van der Waals surface area contributed by atoms with E-state index in [9.17, 15) is 13.2 Å². The highest BCUT2D eigenvalue weighted by Crippen LogP contribution is 2.67. The van der Waals surface area contributed by atoms with Crippen LogP contribution < -0.4 is 0 Å². The van der Waals surface area contributed by atoms with E-state index in [-0.39, 0.29) is 10.8 Å². The number of sulfone groups is 1. The zero-order valence-corrected chi connectivity index (χ0v) is 20.9. The third-order valence-corrected chi connectivity index (χ3v) is 11.2. The molecule has 4 aliphatic rings. The van der Waals surface area contributed by atoms with Crippen LogP contribution in [0.25, 0.3) is 5.57 Å². The van der Waals surface area contributed by atoms with Crippen LogP contribution in [0.15, 0.2) is 35.2 Å². The van der Waals surface area contributed by atoms with Crippen molar-refractivity contribution in [3.05, 3.63) is 35.9 Å². The molecule has 0 unspecified atom stereocenters. The van der Waals surface area contributed by atoms with Crippen molar-refractivity contribution in [2.45, 2.75) is 70.2 Å². The summed E-state index contributed by atoms with van der Waals surface area (Å²) in [6, 6.07) is 7.91. The van der Waals surface area contributed by atoms with Crippen molar-refractivity contribution in [1.29, 1.82) is 0 Å². The van der Waals surface area contributed by atoms with Crippen molar-refractivity contribution in [2.24, 2.45) is 34.5 Å². The number of hydrogen-bond donors (Lipinski definition) is 0. The van der Waals surface area contributed by atoms with E-state index in [1.54, 1.807) is 12.1 Å². The molecule has 5 rings (SSSR count). The second-order valence-electron chi connectivity index (χ2n) is 11.6. The Kier molecular flexibility index (Phi) is 4.98. The maximum absolute atomic E-state index is 12.5. The molecule has 5 heteroatoms. The zero-order chi connectivity index (χ0) is 23.1. The number of carbonyl (C=O) groups excluding carboxylic acids is 1. The van der Waals surface area contributed by atoms with Crippen molar-refractivity contribution < 1.29 is 13.2 Å². The first-order valence-electron chi connectivity index (χ1n) is 12.2. The first kappa shape index (κ1) is 22.2. The van der Waals surface area contributed by atoms with Gasteiger partial charge in [0.15, 0.2) is 9.84 Å². The second kappa shape index (κ2) is 7.19. The Labute approximate surface area is 193 Å². The van der Waals surface area contributed by atoms with E-state index in [4.69, 9.17) is 0 Å². The number of fused-ring (bicyclic) bond motifs is 5. The highest BCUT2D eigenvalue weighted by Gasteiger charge is 2.61. The fourth-order valence-corrected chi connectivity index (χ4v) is 8.99. The quantitative estimate of drug-likeness (QED) is 0.616. The highest BCUT2D eigenvalue weighted by molar-refractivity contribution is 7.90. The molecule has 1 saturated heterocycles. The standard InChI is InChI=1S/C27H37NO3S/c1-17-16-23-27(3,15-13-24(29)28(23)4)22-12-14-26(2)20(10-11-21(26)25(17)22)18-6-8-19(9-7-18)32(5,30)31/h6-10,17,21-23,25H,11-16H2,1-5H3/t17-,21-,22-,23+,25-,26+,27+/m0/s1. The van der Waals surface area contributed by atoms with Crippen LogP contribution in [0, 0.1) is 34.5 Å². The summed E-state index contributed by atoms with van der Waals surface area (Å²) in [5, 5.41) is 0. The summed E-state index contributed by atoms with van der Waals surface area (Å²) >= 11 is 0. The molecule has 1 heterocycles. The van der Waals surface area contributed by atoms with Crippen LogP contribution in [0.1, 0.15) is 64.9 Å². The second-order valence-corrected chi connectivity index (χ2v) is 13.7. The number of hydrogen-bond acceptors (Lipinski definition) is 3. The van der Waals surface area contributed by atoms with Crippen molar-refractivity contribution in [1.82, 2.24) is 4.90 Å². The summed E-state index contributed by atoms with van der Waals surface area (Å²) in [7, 11) is -1.15. The molecule has 0 bridgehead atoms. The van der Waals surface area contributed by atoms with Crippen LogP contribution in [0.5, 0.6) is 0 Å². The molecule has 3 fully saturated rings. The maximum atomic E-state index is 12.5. The Morgan fingerprint density at radius 2 is 1.75 bits per heavy atom. The number of carbonyl (C=O) groups is 1. The number of nitrogens with zero attached hydrogens (tertiary/aromatic N) is 1. The minimum Gasteiger partial charge on any atom is -0.342 e. The topological polar surface area (TPSA) is 54.5 Å². The molecular formula is C27H37NO3S. The maximum Gasteiger partial charge on any atom is 0.222 e. The molecule has 2 saturated carbocycles. The third kappa shape index (κ3) is 3.06. The van der Waals surface area contributed by atoms with Crippen molar-refractivity contribution in [3.63, 3.8) is 0 Å². The van der Waals surface area contributed by atoms with Crippen molar-refractivity contribution in [3.8, 4) is 0 Å².